The molecule has 0 bridgehead atoms. The molecule has 17 heavy (non-hydrogen) atoms. The number of nitrogens with two attached hydrogens (primary N) is 1. The van der Waals surface area contributed by atoms with Crippen molar-refractivity contribution in [1.29, 1.82) is 0 Å². The molecule has 1 heterocycles. The maximum absolute atomic E-state index is 6.09. The van der Waals surface area contributed by atoms with Gasteiger partial charge in [-0.3, -0.25) is 4.90 Å². The molecule has 0 radical (unpaired) electrons. The van der Waals surface area contributed by atoms with Crippen molar-refractivity contribution in [2.45, 2.75) is 43.7 Å². The number of ether oxygens (including phenoxy) is 1. The Balaban J connectivity index is 2.88. The standard InChI is InChI=1S/C13H28N2OS/c1-10(2)13(8-14,9-16-5)15-6-11(3)17-12(4)7-15/h10-12H,6-9,14H2,1-5H3. The molecule has 0 saturated carbocycles. The summed E-state index contributed by atoms with van der Waals surface area (Å²) in [6.45, 7) is 12.8. The van der Waals surface area contributed by atoms with Gasteiger partial charge in [0.1, 0.15) is 0 Å². The van der Waals surface area contributed by atoms with Crippen LogP contribution in [-0.4, -0.2) is 54.3 Å². The van der Waals surface area contributed by atoms with Gasteiger partial charge in [-0.1, -0.05) is 27.7 Å². The van der Waals surface area contributed by atoms with Gasteiger partial charge >= 0.3 is 0 Å². The van der Waals surface area contributed by atoms with E-state index in [9.17, 15) is 0 Å². The SMILES string of the molecule is COCC(CN)(C(C)C)N1CC(C)SC(C)C1. The highest BCUT2D eigenvalue weighted by Gasteiger charge is 2.41. The summed E-state index contributed by atoms with van der Waals surface area (Å²) in [6, 6.07) is 0. The predicted molar refractivity (Wildman–Crippen MR) is 76.6 cm³/mol. The second-order valence-electron chi connectivity index (χ2n) is 5.56. The van der Waals surface area contributed by atoms with E-state index < -0.39 is 0 Å². The third-order valence-corrected chi connectivity index (χ3v) is 5.10. The molecule has 4 heteroatoms. The summed E-state index contributed by atoms with van der Waals surface area (Å²) in [4.78, 5) is 2.56. The molecule has 1 fully saturated rings. The number of methoxy groups -OCH3 is 1. The zero-order valence-corrected chi connectivity index (χ0v) is 12.7. The van der Waals surface area contributed by atoms with Crippen molar-refractivity contribution in [2.75, 3.05) is 33.4 Å². The largest absolute Gasteiger partial charge is 0.383 e. The fourth-order valence-electron chi connectivity index (χ4n) is 2.84. The van der Waals surface area contributed by atoms with Crippen molar-refractivity contribution in [3.63, 3.8) is 0 Å². The van der Waals surface area contributed by atoms with Crippen molar-refractivity contribution < 1.29 is 4.74 Å². The normalized spacial score (nSPS) is 30.5. The van der Waals surface area contributed by atoms with E-state index in [-0.39, 0.29) is 5.54 Å². The fourth-order valence-corrected chi connectivity index (χ4v) is 4.16. The van der Waals surface area contributed by atoms with Gasteiger partial charge in [0, 0.05) is 37.2 Å². The summed E-state index contributed by atoms with van der Waals surface area (Å²) in [6.07, 6.45) is 0. The summed E-state index contributed by atoms with van der Waals surface area (Å²) in [7, 11) is 1.78. The second-order valence-corrected chi connectivity index (χ2v) is 7.44. The van der Waals surface area contributed by atoms with Crippen molar-refractivity contribution in [1.82, 2.24) is 4.90 Å². The first-order valence-electron chi connectivity index (χ1n) is 6.55. The van der Waals surface area contributed by atoms with E-state index in [1.54, 1.807) is 7.11 Å². The molecule has 1 aliphatic heterocycles. The lowest BCUT2D eigenvalue weighted by Gasteiger charge is -2.50. The number of hydrogen-bond acceptors (Lipinski definition) is 4. The molecule has 2 N–H and O–H groups in total. The van der Waals surface area contributed by atoms with Gasteiger partial charge < -0.3 is 10.5 Å². The van der Waals surface area contributed by atoms with Gasteiger partial charge in [0.15, 0.2) is 0 Å². The van der Waals surface area contributed by atoms with Crippen LogP contribution in [0, 0.1) is 5.92 Å². The van der Waals surface area contributed by atoms with E-state index >= 15 is 0 Å². The molecular weight excluding hydrogens is 232 g/mol. The minimum absolute atomic E-state index is 0.00174. The Morgan fingerprint density at radius 3 is 2.24 bits per heavy atom. The molecular formula is C13H28N2OS. The Bertz CT molecular complexity index is 227. The Labute approximate surface area is 110 Å². The lowest BCUT2D eigenvalue weighted by atomic mass is 9.84. The maximum atomic E-state index is 6.09. The van der Waals surface area contributed by atoms with E-state index in [0.717, 1.165) is 19.7 Å². The van der Waals surface area contributed by atoms with E-state index in [0.29, 0.717) is 23.0 Å². The van der Waals surface area contributed by atoms with Crippen LogP contribution in [0.25, 0.3) is 0 Å². The van der Waals surface area contributed by atoms with Crippen LogP contribution < -0.4 is 5.73 Å². The average molecular weight is 260 g/mol. The highest BCUT2D eigenvalue weighted by atomic mass is 32.2. The Hall–Kier alpha value is 0.230. The van der Waals surface area contributed by atoms with Crippen LogP contribution in [0.2, 0.25) is 0 Å². The summed E-state index contributed by atoms with van der Waals surface area (Å²) >= 11 is 2.08. The van der Waals surface area contributed by atoms with Crippen LogP contribution in [0.3, 0.4) is 0 Å². The molecule has 1 aliphatic rings. The van der Waals surface area contributed by atoms with Crippen molar-refractivity contribution in [3.8, 4) is 0 Å². The molecule has 0 spiro atoms. The molecule has 102 valence electrons. The van der Waals surface area contributed by atoms with Gasteiger partial charge in [-0.05, 0) is 5.92 Å². The number of rotatable bonds is 5. The highest BCUT2D eigenvalue weighted by Crippen LogP contribution is 2.33. The minimum atomic E-state index is -0.00174. The summed E-state index contributed by atoms with van der Waals surface area (Å²) in [5, 5.41) is 1.36. The zero-order valence-electron chi connectivity index (χ0n) is 11.9. The lowest BCUT2D eigenvalue weighted by Crippen LogP contribution is -2.64. The molecule has 0 amide bonds. The Morgan fingerprint density at radius 2 is 1.88 bits per heavy atom. The van der Waals surface area contributed by atoms with Gasteiger partial charge in [0.25, 0.3) is 0 Å². The van der Waals surface area contributed by atoms with Crippen molar-refractivity contribution in [2.24, 2.45) is 11.7 Å². The zero-order chi connectivity index (χ0) is 13.1. The average Bonchev–Trinajstić information content (AvgIpc) is 2.24. The first-order valence-corrected chi connectivity index (χ1v) is 7.50. The van der Waals surface area contributed by atoms with E-state index in [2.05, 4.69) is 44.4 Å². The van der Waals surface area contributed by atoms with Gasteiger partial charge in [-0.15, -0.1) is 0 Å². The predicted octanol–water partition coefficient (Wildman–Crippen LogP) is 1.81. The highest BCUT2D eigenvalue weighted by molar-refractivity contribution is 8.00. The molecule has 1 rings (SSSR count). The van der Waals surface area contributed by atoms with Crippen LogP contribution in [0.5, 0.6) is 0 Å². The maximum Gasteiger partial charge on any atom is 0.0661 e. The van der Waals surface area contributed by atoms with Crippen LogP contribution in [-0.2, 0) is 4.74 Å². The van der Waals surface area contributed by atoms with Gasteiger partial charge in [-0.25, -0.2) is 0 Å². The number of thioether (sulfide) groups is 1. The molecule has 0 aromatic rings. The molecule has 0 aliphatic carbocycles. The third kappa shape index (κ3) is 3.37. The lowest BCUT2D eigenvalue weighted by molar-refractivity contribution is -0.0170. The number of nitrogens with zero attached hydrogens (tertiary/aromatic N) is 1. The molecule has 3 unspecified atom stereocenters. The third-order valence-electron chi connectivity index (χ3n) is 3.87. The van der Waals surface area contributed by atoms with Crippen LogP contribution in [0.1, 0.15) is 27.7 Å². The first-order chi connectivity index (χ1) is 7.96. The van der Waals surface area contributed by atoms with Crippen molar-refractivity contribution in [3.05, 3.63) is 0 Å². The van der Waals surface area contributed by atoms with Crippen molar-refractivity contribution >= 4 is 11.8 Å². The quantitative estimate of drug-likeness (QED) is 0.818. The molecule has 3 atom stereocenters. The number of hydrogen-bond donors (Lipinski definition) is 1. The smallest absolute Gasteiger partial charge is 0.0661 e. The van der Waals surface area contributed by atoms with Crippen LogP contribution in [0.4, 0.5) is 0 Å². The summed E-state index contributed by atoms with van der Waals surface area (Å²) in [5.41, 5.74) is 6.09. The first kappa shape index (κ1) is 15.3. The Kier molecular flexibility index (Phi) is 5.77. The Morgan fingerprint density at radius 1 is 1.35 bits per heavy atom. The second kappa shape index (κ2) is 6.41. The van der Waals surface area contributed by atoms with Crippen LogP contribution >= 0.6 is 11.8 Å². The van der Waals surface area contributed by atoms with Gasteiger partial charge in [0.2, 0.25) is 0 Å². The molecule has 0 aromatic heterocycles. The minimum Gasteiger partial charge on any atom is -0.383 e. The van der Waals surface area contributed by atoms with Gasteiger partial charge in [-0.2, -0.15) is 11.8 Å². The fraction of sp³-hybridized carbons (Fsp3) is 1.00. The van der Waals surface area contributed by atoms with E-state index in [1.165, 1.54) is 0 Å². The monoisotopic (exact) mass is 260 g/mol. The molecule has 3 nitrogen and oxygen atoms in total. The van der Waals surface area contributed by atoms with Crippen LogP contribution in [0.15, 0.2) is 0 Å². The molecule has 1 saturated heterocycles. The van der Waals surface area contributed by atoms with E-state index in [1.807, 2.05) is 0 Å². The topological polar surface area (TPSA) is 38.5 Å². The summed E-state index contributed by atoms with van der Waals surface area (Å²) in [5.74, 6) is 0.509. The van der Waals surface area contributed by atoms with E-state index in [4.69, 9.17) is 10.5 Å². The molecule has 0 aromatic carbocycles. The summed E-state index contributed by atoms with van der Waals surface area (Å²) < 4.78 is 5.45. The van der Waals surface area contributed by atoms with Gasteiger partial charge in [0.05, 0.1) is 12.1 Å².